The lowest BCUT2D eigenvalue weighted by Gasteiger charge is -2.06. The van der Waals surface area contributed by atoms with Crippen LogP contribution in [-0.2, 0) is 6.54 Å². The number of ether oxygens (including phenoxy) is 2. The van der Waals surface area contributed by atoms with Crippen LogP contribution >= 0.6 is 0 Å². The van der Waals surface area contributed by atoms with Gasteiger partial charge in [0.15, 0.2) is 11.5 Å². The van der Waals surface area contributed by atoms with Crippen LogP contribution in [0.4, 0.5) is 10.3 Å². The summed E-state index contributed by atoms with van der Waals surface area (Å²) in [5.74, 6) is 1.81. The quantitative estimate of drug-likeness (QED) is 0.776. The zero-order valence-electron chi connectivity index (χ0n) is 11.0. The Labute approximate surface area is 119 Å². The molecule has 0 radical (unpaired) electrons. The molecule has 1 aliphatic heterocycles. The number of benzene rings is 2. The van der Waals surface area contributed by atoms with Gasteiger partial charge in [0.2, 0.25) is 12.7 Å². The van der Waals surface area contributed by atoms with Gasteiger partial charge in [-0.25, -0.2) is 9.37 Å². The SMILES string of the molecule is Fc1ccc2nc(NCc3cccc4c3OCO4)[nH]c2c1. The summed E-state index contributed by atoms with van der Waals surface area (Å²) in [6.45, 7) is 0.783. The Bertz CT molecular complexity index is 816. The molecule has 0 fully saturated rings. The van der Waals surface area contributed by atoms with Crippen LogP contribution in [0.25, 0.3) is 11.0 Å². The molecule has 106 valence electrons. The summed E-state index contributed by atoms with van der Waals surface area (Å²) in [5, 5.41) is 3.17. The summed E-state index contributed by atoms with van der Waals surface area (Å²) in [6, 6.07) is 10.2. The van der Waals surface area contributed by atoms with Gasteiger partial charge in [0.05, 0.1) is 11.0 Å². The van der Waals surface area contributed by atoms with Gasteiger partial charge in [0, 0.05) is 12.1 Å². The Hall–Kier alpha value is -2.76. The first-order valence-corrected chi connectivity index (χ1v) is 6.56. The smallest absolute Gasteiger partial charge is 0.231 e. The van der Waals surface area contributed by atoms with Crippen LogP contribution < -0.4 is 14.8 Å². The number of hydrogen-bond donors (Lipinski definition) is 2. The number of H-pyrrole nitrogens is 1. The van der Waals surface area contributed by atoms with Crippen molar-refractivity contribution in [1.29, 1.82) is 0 Å². The maximum absolute atomic E-state index is 13.1. The number of nitrogens with one attached hydrogen (secondary N) is 2. The number of imidazole rings is 1. The number of nitrogens with zero attached hydrogens (tertiary/aromatic N) is 1. The molecular formula is C15H12FN3O2. The Kier molecular flexibility index (Phi) is 2.67. The molecule has 6 heteroatoms. The number of hydrogen-bond acceptors (Lipinski definition) is 4. The average molecular weight is 285 g/mol. The molecular weight excluding hydrogens is 273 g/mol. The van der Waals surface area contributed by atoms with Crippen molar-refractivity contribution >= 4 is 17.0 Å². The summed E-state index contributed by atoms with van der Waals surface area (Å²) in [4.78, 5) is 7.40. The molecule has 0 aliphatic carbocycles. The molecule has 0 spiro atoms. The van der Waals surface area contributed by atoms with E-state index < -0.39 is 0 Å². The highest BCUT2D eigenvalue weighted by Crippen LogP contribution is 2.35. The first-order valence-electron chi connectivity index (χ1n) is 6.56. The Balaban J connectivity index is 1.57. The fourth-order valence-electron chi connectivity index (χ4n) is 2.37. The molecule has 4 rings (SSSR count). The fraction of sp³-hybridized carbons (Fsp3) is 0.133. The highest BCUT2D eigenvalue weighted by molar-refractivity contribution is 5.77. The zero-order valence-corrected chi connectivity index (χ0v) is 11.0. The third-order valence-electron chi connectivity index (χ3n) is 3.37. The molecule has 0 saturated heterocycles. The van der Waals surface area contributed by atoms with E-state index in [2.05, 4.69) is 15.3 Å². The molecule has 2 N–H and O–H groups in total. The van der Waals surface area contributed by atoms with Crippen LogP contribution in [0, 0.1) is 5.82 Å². The van der Waals surface area contributed by atoms with E-state index in [1.165, 1.54) is 12.1 Å². The minimum atomic E-state index is -0.288. The minimum absolute atomic E-state index is 0.246. The number of anilines is 1. The third-order valence-corrected chi connectivity index (χ3v) is 3.37. The molecule has 0 atom stereocenters. The van der Waals surface area contributed by atoms with Crippen molar-refractivity contribution in [3.8, 4) is 11.5 Å². The second-order valence-corrected chi connectivity index (χ2v) is 4.75. The number of para-hydroxylation sites is 1. The number of aromatic amines is 1. The van der Waals surface area contributed by atoms with Crippen LogP contribution in [0.15, 0.2) is 36.4 Å². The molecule has 0 bridgehead atoms. The lowest BCUT2D eigenvalue weighted by molar-refractivity contribution is 0.173. The van der Waals surface area contributed by atoms with Crippen molar-refractivity contribution in [2.45, 2.75) is 6.54 Å². The summed E-state index contributed by atoms with van der Waals surface area (Å²) >= 11 is 0. The highest BCUT2D eigenvalue weighted by atomic mass is 19.1. The molecule has 3 aromatic rings. The van der Waals surface area contributed by atoms with Gasteiger partial charge in [0.1, 0.15) is 5.82 Å². The summed E-state index contributed by atoms with van der Waals surface area (Å²) in [5.41, 5.74) is 2.36. The van der Waals surface area contributed by atoms with Crippen molar-refractivity contribution < 1.29 is 13.9 Å². The number of rotatable bonds is 3. The van der Waals surface area contributed by atoms with Crippen molar-refractivity contribution in [3.63, 3.8) is 0 Å². The van der Waals surface area contributed by atoms with Gasteiger partial charge in [-0.3, -0.25) is 0 Å². The van der Waals surface area contributed by atoms with E-state index in [1.54, 1.807) is 6.07 Å². The molecule has 1 aliphatic rings. The van der Waals surface area contributed by atoms with E-state index in [0.717, 1.165) is 22.6 Å². The Morgan fingerprint density at radius 1 is 1.24 bits per heavy atom. The van der Waals surface area contributed by atoms with Crippen molar-refractivity contribution in [1.82, 2.24) is 9.97 Å². The second-order valence-electron chi connectivity index (χ2n) is 4.75. The predicted molar refractivity (Wildman–Crippen MR) is 75.9 cm³/mol. The molecule has 5 nitrogen and oxygen atoms in total. The summed E-state index contributed by atoms with van der Waals surface area (Å²) in [7, 11) is 0. The lowest BCUT2D eigenvalue weighted by atomic mass is 10.2. The monoisotopic (exact) mass is 285 g/mol. The van der Waals surface area contributed by atoms with Gasteiger partial charge >= 0.3 is 0 Å². The van der Waals surface area contributed by atoms with Gasteiger partial charge in [-0.05, 0) is 24.3 Å². The van der Waals surface area contributed by atoms with Crippen molar-refractivity contribution in [2.75, 3.05) is 12.1 Å². The van der Waals surface area contributed by atoms with E-state index in [-0.39, 0.29) is 12.6 Å². The van der Waals surface area contributed by atoms with E-state index in [9.17, 15) is 4.39 Å². The van der Waals surface area contributed by atoms with Crippen LogP contribution in [0.2, 0.25) is 0 Å². The van der Waals surface area contributed by atoms with Crippen molar-refractivity contribution in [2.24, 2.45) is 0 Å². The van der Waals surface area contributed by atoms with Gasteiger partial charge < -0.3 is 19.8 Å². The molecule has 0 unspecified atom stereocenters. The topological polar surface area (TPSA) is 59.2 Å². The van der Waals surface area contributed by atoms with E-state index >= 15 is 0 Å². The molecule has 2 heterocycles. The number of aromatic nitrogens is 2. The minimum Gasteiger partial charge on any atom is -0.454 e. The second kappa shape index (κ2) is 4.66. The van der Waals surface area contributed by atoms with Gasteiger partial charge in [-0.15, -0.1) is 0 Å². The third kappa shape index (κ3) is 2.14. The number of fused-ring (bicyclic) bond motifs is 2. The van der Waals surface area contributed by atoms with Crippen LogP contribution in [0.3, 0.4) is 0 Å². The molecule has 2 aromatic carbocycles. The first-order chi connectivity index (χ1) is 10.3. The van der Waals surface area contributed by atoms with Crippen molar-refractivity contribution in [3.05, 3.63) is 47.8 Å². The van der Waals surface area contributed by atoms with Gasteiger partial charge in [-0.2, -0.15) is 0 Å². The maximum atomic E-state index is 13.1. The van der Waals surface area contributed by atoms with E-state index in [1.807, 2.05) is 18.2 Å². The lowest BCUT2D eigenvalue weighted by Crippen LogP contribution is -2.02. The van der Waals surface area contributed by atoms with Crippen LogP contribution in [0.5, 0.6) is 11.5 Å². The van der Waals surface area contributed by atoms with Gasteiger partial charge in [-0.1, -0.05) is 12.1 Å². The summed E-state index contributed by atoms with van der Waals surface area (Å²) < 4.78 is 23.9. The van der Waals surface area contributed by atoms with Gasteiger partial charge in [0.25, 0.3) is 0 Å². The van der Waals surface area contributed by atoms with Crippen LogP contribution in [0.1, 0.15) is 5.56 Å². The predicted octanol–water partition coefficient (Wildman–Crippen LogP) is 3.04. The number of halogens is 1. The Morgan fingerprint density at radius 3 is 3.14 bits per heavy atom. The van der Waals surface area contributed by atoms with Crippen LogP contribution in [-0.4, -0.2) is 16.8 Å². The largest absolute Gasteiger partial charge is 0.454 e. The maximum Gasteiger partial charge on any atom is 0.231 e. The highest BCUT2D eigenvalue weighted by Gasteiger charge is 2.17. The normalized spacial score (nSPS) is 12.8. The zero-order chi connectivity index (χ0) is 14.2. The van der Waals surface area contributed by atoms with E-state index in [4.69, 9.17) is 9.47 Å². The molecule has 21 heavy (non-hydrogen) atoms. The standard InChI is InChI=1S/C15H12FN3O2/c16-10-4-5-11-12(6-10)19-15(18-11)17-7-9-2-1-3-13-14(9)21-8-20-13/h1-6H,7-8H2,(H2,17,18,19). The van der Waals surface area contributed by atoms with E-state index in [0.29, 0.717) is 18.0 Å². The first kappa shape index (κ1) is 12.0. The fourth-order valence-corrected chi connectivity index (χ4v) is 2.37. The Morgan fingerprint density at radius 2 is 2.19 bits per heavy atom. The summed E-state index contributed by atoms with van der Waals surface area (Å²) in [6.07, 6.45) is 0. The molecule has 1 aromatic heterocycles. The molecule has 0 amide bonds. The molecule has 0 saturated carbocycles. The average Bonchev–Trinajstić information content (AvgIpc) is 3.10.